The average Bonchev–Trinajstić information content (AvgIpc) is 2.97. The van der Waals surface area contributed by atoms with E-state index in [0.29, 0.717) is 11.8 Å². The van der Waals surface area contributed by atoms with E-state index in [-0.39, 0.29) is 20.1 Å². The van der Waals surface area contributed by atoms with E-state index in [9.17, 15) is 0 Å². The SMILES string of the molecule is CC(C)Cc1ccccc1-c1ccc2ccccc2n1.CC(C)Cc1ccccc1-c1ccc2ccccc2n1.[Ir+3]. The van der Waals surface area contributed by atoms with Gasteiger partial charge in [-0.3, -0.25) is 0 Å². The van der Waals surface area contributed by atoms with Gasteiger partial charge in [-0.2, -0.15) is 0 Å². The summed E-state index contributed by atoms with van der Waals surface area (Å²) in [4.78, 5) is 9.63. The second-order valence-corrected chi connectivity index (χ2v) is 11.3. The minimum absolute atomic E-state index is 0. The summed E-state index contributed by atoms with van der Waals surface area (Å²) in [7, 11) is 0. The van der Waals surface area contributed by atoms with Crippen LogP contribution in [0.15, 0.2) is 121 Å². The molecular weight excluding hydrogens is 677 g/mol. The molecule has 6 rings (SSSR count). The first-order chi connectivity index (χ1) is 19.5. The second-order valence-electron chi connectivity index (χ2n) is 11.3. The molecule has 2 aromatic heterocycles. The third-order valence-corrected chi connectivity index (χ3v) is 7.04. The third kappa shape index (κ3) is 7.76. The topological polar surface area (TPSA) is 25.8 Å². The molecule has 0 aliphatic heterocycles. The Morgan fingerprint density at radius 2 is 0.805 bits per heavy atom. The molecule has 2 nitrogen and oxygen atoms in total. The van der Waals surface area contributed by atoms with Crippen molar-refractivity contribution in [1.29, 1.82) is 0 Å². The number of para-hydroxylation sites is 2. The predicted octanol–water partition coefficient (Wildman–Crippen LogP) is 10.2. The molecule has 3 heteroatoms. The summed E-state index contributed by atoms with van der Waals surface area (Å²) in [5.41, 5.74) is 9.53. The average molecular weight is 715 g/mol. The molecule has 4 aromatic carbocycles. The van der Waals surface area contributed by atoms with E-state index < -0.39 is 0 Å². The van der Waals surface area contributed by atoms with Crippen LogP contribution in [-0.4, -0.2) is 9.97 Å². The van der Waals surface area contributed by atoms with Crippen molar-refractivity contribution in [2.75, 3.05) is 0 Å². The van der Waals surface area contributed by atoms with Gasteiger partial charge >= 0.3 is 20.1 Å². The Morgan fingerprint density at radius 1 is 0.439 bits per heavy atom. The van der Waals surface area contributed by atoms with Gasteiger partial charge in [0.25, 0.3) is 0 Å². The van der Waals surface area contributed by atoms with Crippen LogP contribution in [0.25, 0.3) is 44.3 Å². The molecule has 2 heterocycles. The van der Waals surface area contributed by atoms with Gasteiger partial charge in [0.15, 0.2) is 0 Å². The molecule has 41 heavy (non-hydrogen) atoms. The van der Waals surface area contributed by atoms with Crippen LogP contribution >= 0.6 is 0 Å². The van der Waals surface area contributed by atoms with E-state index in [0.717, 1.165) is 35.3 Å². The van der Waals surface area contributed by atoms with Gasteiger partial charge in [-0.15, -0.1) is 0 Å². The largest absolute Gasteiger partial charge is 3.00 e. The second kappa shape index (κ2) is 14.3. The quantitative estimate of drug-likeness (QED) is 0.172. The zero-order chi connectivity index (χ0) is 27.9. The number of benzene rings is 4. The maximum Gasteiger partial charge on any atom is 3.00 e. The Kier molecular flexibility index (Phi) is 10.6. The maximum absolute atomic E-state index is 4.81. The van der Waals surface area contributed by atoms with Crippen LogP contribution in [0.2, 0.25) is 0 Å². The van der Waals surface area contributed by atoms with Crippen LogP contribution in [0.3, 0.4) is 0 Å². The van der Waals surface area contributed by atoms with E-state index in [1.165, 1.54) is 33.0 Å². The van der Waals surface area contributed by atoms with Crippen molar-refractivity contribution in [3.8, 4) is 22.5 Å². The summed E-state index contributed by atoms with van der Waals surface area (Å²) < 4.78 is 0. The van der Waals surface area contributed by atoms with Crippen LogP contribution in [0, 0.1) is 11.8 Å². The van der Waals surface area contributed by atoms with Crippen LogP contribution in [-0.2, 0) is 32.9 Å². The van der Waals surface area contributed by atoms with Crippen molar-refractivity contribution in [2.24, 2.45) is 11.8 Å². The van der Waals surface area contributed by atoms with Gasteiger partial charge in [-0.1, -0.05) is 125 Å². The van der Waals surface area contributed by atoms with Crippen molar-refractivity contribution in [1.82, 2.24) is 9.97 Å². The van der Waals surface area contributed by atoms with Crippen LogP contribution < -0.4 is 0 Å². The molecular formula is C38H38IrN2+3. The fraction of sp³-hybridized carbons (Fsp3) is 0.211. The number of nitrogens with zero attached hydrogens (tertiary/aromatic N) is 2. The molecule has 0 atom stereocenters. The zero-order valence-electron chi connectivity index (χ0n) is 24.3. The van der Waals surface area contributed by atoms with E-state index in [4.69, 9.17) is 9.97 Å². The molecule has 0 N–H and O–H groups in total. The summed E-state index contributed by atoms with van der Waals surface area (Å²) in [5, 5.41) is 2.38. The Balaban J connectivity index is 0.000000184. The molecule has 0 saturated heterocycles. The molecule has 0 spiro atoms. The predicted molar refractivity (Wildman–Crippen MR) is 171 cm³/mol. The van der Waals surface area contributed by atoms with Crippen molar-refractivity contribution >= 4 is 21.8 Å². The summed E-state index contributed by atoms with van der Waals surface area (Å²) >= 11 is 0. The maximum atomic E-state index is 4.81. The van der Waals surface area contributed by atoms with Gasteiger partial charge in [0, 0.05) is 21.9 Å². The van der Waals surface area contributed by atoms with E-state index >= 15 is 0 Å². The number of pyridine rings is 2. The molecule has 6 aromatic rings. The van der Waals surface area contributed by atoms with Gasteiger partial charge in [0.2, 0.25) is 0 Å². The Bertz CT molecular complexity index is 1590. The normalized spacial score (nSPS) is 10.9. The summed E-state index contributed by atoms with van der Waals surface area (Å²) in [6.07, 6.45) is 2.18. The molecule has 0 aliphatic rings. The molecule has 0 amide bonds. The molecule has 0 unspecified atom stereocenters. The summed E-state index contributed by atoms with van der Waals surface area (Å²) in [6.45, 7) is 9.02. The summed E-state index contributed by atoms with van der Waals surface area (Å²) in [6, 6.07) is 42.3. The van der Waals surface area contributed by atoms with Gasteiger partial charge in [0.05, 0.1) is 22.4 Å². The van der Waals surface area contributed by atoms with E-state index in [1.54, 1.807) is 0 Å². The van der Waals surface area contributed by atoms with Crippen molar-refractivity contribution < 1.29 is 20.1 Å². The fourth-order valence-electron chi connectivity index (χ4n) is 5.21. The van der Waals surface area contributed by atoms with Gasteiger partial charge in [-0.05, 0) is 60.1 Å². The minimum atomic E-state index is 0. The Labute approximate surface area is 258 Å². The number of hydrogen-bond donors (Lipinski definition) is 0. The smallest absolute Gasteiger partial charge is 0.248 e. The third-order valence-electron chi connectivity index (χ3n) is 7.04. The first-order valence-electron chi connectivity index (χ1n) is 14.4. The van der Waals surface area contributed by atoms with E-state index in [1.807, 2.05) is 12.1 Å². The van der Waals surface area contributed by atoms with Gasteiger partial charge < -0.3 is 0 Å². The van der Waals surface area contributed by atoms with E-state index in [2.05, 4.69) is 137 Å². The molecule has 0 radical (unpaired) electrons. The summed E-state index contributed by atoms with van der Waals surface area (Å²) in [5.74, 6) is 1.30. The number of fused-ring (bicyclic) bond motifs is 2. The van der Waals surface area contributed by atoms with Crippen LogP contribution in [0.4, 0.5) is 0 Å². The van der Waals surface area contributed by atoms with Crippen molar-refractivity contribution in [3.63, 3.8) is 0 Å². The molecule has 0 saturated carbocycles. The van der Waals surface area contributed by atoms with Gasteiger partial charge in [-0.25, -0.2) is 9.97 Å². The molecule has 0 fully saturated rings. The molecule has 0 aliphatic carbocycles. The molecule has 206 valence electrons. The zero-order valence-corrected chi connectivity index (χ0v) is 26.7. The number of hydrogen-bond acceptors (Lipinski definition) is 2. The van der Waals surface area contributed by atoms with Crippen molar-refractivity contribution in [3.05, 3.63) is 132 Å². The first kappa shape index (κ1) is 30.3. The number of aromatic nitrogens is 2. The molecule has 0 bridgehead atoms. The number of rotatable bonds is 6. The van der Waals surface area contributed by atoms with Crippen LogP contribution in [0.1, 0.15) is 38.8 Å². The Hall–Kier alpha value is -3.65. The van der Waals surface area contributed by atoms with Crippen LogP contribution in [0.5, 0.6) is 0 Å². The minimum Gasteiger partial charge on any atom is -0.248 e. The Morgan fingerprint density at radius 3 is 1.22 bits per heavy atom. The van der Waals surface area contributed by atoms with Gasteiger partial charge in [0.1, 0.15) is 0 Å². The fourth-order valence-corrected chi connectivity index (χ4v) is 5.21. The monoisotopic (exact) mass is 715 g/mol. The first-order valence-corrected chi connectivity index (χ1v) is 14.4. The standard InChI is InChI=1S/2C19H19N.Ir/c2*1-14(2)13-16-8-3-5-9-17(16)19-12-11-15-7-4-6-10-18(15)20-19;/h2*3-12,14H,13H2,1-2H3;/q;;+3. The van der Waals surface area contributed by atoms with Crippen molar-refractivity contribution in [2.45, 2.75) is 40.5 Å².